The molecule has 150 valence electrons. The summed E-state index contributed by atoms with van der Waals surface area (Å²) >= 11 is 1.32. The molecule has 29 heavy (non-hydrogen) atoms. The van der Waals surface area contributed by atoms with E-state index in [1.807, 2.05) is 32.0 Å². The van der Waals surface area contributed by atoms with Gasteiger partial charge in [-0.25, -0.2) is 9.78 Å². The highest BCUT2D eigenvalue weighted by Gasteiger charge is 2.19. The zero-order chi connectivity index (χ0) is 21.0. The molecule has 0 bridgehead atoms. The molecule has 7 heteroatoms. The smallest absolute Gasteiger partial charge is 0.338 e. The topological polar surface area (TPSA) is 79.7 Å². The van der Waals surface area contributed by atoms with Gasteiger partial charge in [-0.2, -0.15) is 0 Å². The maximum atomic E-state index is 12.2. The van der Waals surface area contributed by atoms with Crippen LogP contribution in [0.3, 0.4) is 0 Å². The first-order valence-corrected chi connectivity index (χ1v) is 9.96. The summed E-state index contributed by atoms with van der Waals surface area (Å²) in [5.74, 6) is -0.614. The quantitative estimate of drug-likeness (QED) is 0.613. The van der Waals surface area contributed by atoms with Crippen LogP contribution in [-0.4, -0.2) is 22.0 Å². The van der Waals surface area contributed by atoms with E-state index in [-0.39, 0.29) is 19.1 Å². The highest BCUT2D eigenvalue weighted by Crippen LogP contribution is 2.30. The van der Waals surface area contributed by atoms with E-state index in [1.54, 1.807) is 34.5 Å². The number of aliphatic hydroxyl groups excluding tert-OH is 1. The Hall–Kier alpha value is -3.03. The highest BCUT2D eigenvalue weighted by atomic mass is 32.1. The lowest BCUT2D eigenvalue weighted by Crippen LogP contribution is -2.22. The molecule has 3 aromatic rings. The lowest BCUT2D eigenvalue weighted by atomic mass is 10.1. The van der Waals surface area contributed by atoms with Crippen LogP contribution >= 0.6 is 11.3 Å². The average molecular weight is 410 g/mol. The van der Waals surface area contributed by atoms with Crippen molar-refractivity contribution in [3.8, 4) is 0 Å². The third-order valence-electron chi connectivity index (χ3n) is 4.52. The summed E-state index contributed by atoms with van der Waals surface area (Å²) in [5, 5.41) is 11.4. The van der Waals surface area contributed by atoms with Crippen LogP contribution < -0.4 is 4.90 Å². The van der Waals surface area contributed by atoms with Crippen molar-refractivity contribution in [2.24, 2.45) is 0 Å². The largest absolute Gasteiger partial charge is 0.456 e. The molecule has 0 saturated heterocycles. The molecule has 0 saturated carbocycles. The zero-order valence-electron chi connectivity index (χ0n) is 16.5. The van der Waals surface area contributed by atoms with E-state index in [9.17, 15) is 9.59 Å². The van der Waals surface area contributed by atoms with Gasteiger partial charge in [0.25, 0.3) is 0 Å². The second kappa shape index (κ2) is 8.98. The SMILES string of the molecule is CC(=O)N(c1ccc(C)c(C)c1)c1nc(COC(=O)c2ccc(CO)cc2)cs1. The Bertz CT molecular complexity index is 1030. The molecule has 3 rings (SSSR count). The number of aromatic nitrogens is 1. The number of carbonyl (C=O) groups excluding carboxylic acids is 2. The molecule has 1 N–H and O–H groups in total. The first kappa shape index (κ1) is 20.7. The zero-order valence-corrected chi connectivity index (χ0v) is 17.3. The third kappa shape index (κ3) is 4.88. The standard InChI is InChI=1S/C22H22N2O4S/c1-14-4-9-20(10-15(14)2)24(16(3)26)22-23-19(13-29-22)12-28-21(27)18-7-5-17(11-25)6-8-18/h4-10,13,25H,11-12H2,1-3H3. The number of hydrogen-bond donors (Lipinski definition) is 1. The number of anilines is 2. The van der Waals surface area contributed by atoms with Crippen LogP contribution in [0.4, 0.5) is 10.8 Å². The van der Waals surface area contributed by atoms with Crippen molar-refractivity contribution in [1.82, 2.24) is 4.98 Å². The van der Waals surface area contributed by atoms with Crippen LogP contribution in [0.25, 0.3) is 0 Å². The van der Waals surface area contributed by atoms with Gasteiger partial charge in [-0.05, 0) is 54.8 Å². The van der Waals surface area contributed by atoms with E-state index >= 15 is 0 Å². The third-order valence-corrected chi connectivity index (χ3v) is 5.39. The van der Waals surface area contributed by atoms with Crippen LogP contribution in [0.15, 0.2) is 47.8 Å². The highest BCUT2D eigenvalue weighted by molar-refractivity contribution is 7.14. The van der Waals surface area contributed by atoms with Gasteiger partial charge in [-0.1, -0.05) is 18.2 Å². The van der Waals surface area contributed by atoms with Crippen LogP contribution in [0.1, 0.15) is 39.7 Å². The average Bonchev–Trinajstić information content (AvgIpc) is 3.17. The Morgan fingerprint density at radius 2 is 1.83 bits per heavy atom. The molecule has 1 aromatic heterocycles. The summed E-state index contributed by atoms with van der Waals surface area (Å²) in [5.41, 5.74) is 4.69. The summed E-state index contributed by atoms with van der Waals surface area (Å²) in [4.78, 5) is 30.4. The van der Waals surface area contributed by atoms with Crippen LogP contribution in [0, 0.1) is 13.8 Å². The summed E-state index contributed by atoms with van der Waals surface area (Å²) in [7, 11) is 0. The molecule has 1 heterocycles. The molecule has 0 aliphatic carbocycles. The molecule has 0 aliphatic rings. The Balaban J connectivity index is 1.71. The minimum absolute atomic E-state index is 0.00968. The molecular formula is C22H22N2O4S. The lowest BCUT2D eigenvalue weighted by molar-refractivity contribution is -0.115. The number of rotatable bonds is 6. The second-order valence-corrected chi connectivity index (χ2v) is 7.51. The number of aryl methyl sites for hydroxylation is 2. The molecule has 0 fully saturated rings. The van der Waals surface area contributed by atoms with Crippen LogP contribution in [0.5, 0.6) is 0 Å². The van der Waals surface area contributed by atoms with Gasteiger partial charge in [0.15, 0.2) is 5.13 Å². The fourth-order valence-corrected chi connectivity index (χ4v) is 3.60. The van der Waals surface area contributed by atoms with Crippen molar-refractivity contribution in [2.75, 3.05) is 4.90 Å². The Morgan fingerprint density at radius 3 is 2.45 bits per heavy atom. The Morgan fingerprint density at radius 1 is 1.10 bits per heavy atom. The number of benzene rings is 2. The molecule has 1 amide bonds. The molecule has 2 aromatic carbocycles. The van der Waals surface area contributed by atoms with Crippen molar-refractivity contribution in [1.29, 1.82) is 0 Å². The monoisotopic (exact) mass is 410 g/mol. The number of hydrogen-bond acceptors (Lipinski definition) is 6. The van der Waals surface area contributed by atoms with Gasteiger partial charge in [0.1, 0.15) is 6.61 Å². The van der Waals surface area contributed by atoms with Crippen molar-refractivity contribution in [3.05, 3.63) is 75.8 Å². The van der Waals surface area contributed by atoms with Gasteiger partial charge in [-0.15, -0.1) is 11.3 Å². The number of aliphatic hydroxyl groups is 1. The van der Waals surface area contributed by atoms with Crippen LogP contribution in [-0.2, 0) is 22.7 Å². The van der Waals surface area contributed by atoms with Crippen molar-refractivity contribution < 1.29 is 19.4 Å². The predicted molar refractivity (Wildman–Crippen MR) is 112 cm³/mol. The minimum Gasteiger partial charge on any atom is -0.456 e. The molecular weight excluding hydrogens is 388 g/mol. The normalized spacial score (nSPS) is 10.6. The Labute approximate surface area is 173 Å². The summed E-state index contributed by atoms with van der Waals surface area (Å²) in [6.07, 6.45) is 0. The number of esters is 1. The fourth-order valence-electron chi connectivity index (χ4n) is 2.73. The first-order chi connectivity index (χ1) is 13.9. The van der Waals surface area contributed by atoms with Crippen molar-refractivity contribution in [2.45, 2.75) is 34.0 Å². The van der Waals surface area contributed by atoms with Crippen LogP contribution in [0.2, 0.25) is 0 Å². The molecule has 0 atom stereocenters. The summed E-state index contributed by atoms with van der Waals surface area (Å²) in [6, 6.07) is 12.4. The summed E-state index contributed by atoms with van der Waals surface area (Å²) in [6.45, 7) is 5.44. The number of nitrogens with zero attached hydrogens (tertiary/aromatic N) is 2. The first-order valence-electron chi connectivity index (χ1n) is 9.08. The predicted octanol–water partition coefficient (Wildman–Crippen LogP) is 4.29. The van der Waals surface area contributed by atoms with Gasteiger partial charge in [0.2, 0.25) is 5.91 Å². The minimum atomic E-state index is -0.471. The second-order valence-electron chi connectivity index (χ2n) is 6.68. The van der Waals surface area contributed by atoms with Gasteiger partial charge in [0.05, 0.1) is 23.6 Å². The van der Waals surface area contributed by atoms with Crippen molar-refractivity contribution >= 4 is 34.0 Å². The van der Waals surface area contributed by atoms with E-state index in [2.05, 4.69) is 4.98 Å². The number of amides is 1. The van der Waals surface area contributed by atoms with Gasteiger partial charge < -0.3 is 9.84 Å². The fraction of sp³-hybridized carbons (Fsp3) is 0.227. The lowest BCUT2D eigenvalue weighted by Gasteiger charge is -2.19. The molecule has 0 radical (unpaired) electrons. The van der Waals surface area contributed by atoms with E-state index in [1.165, 1.54) is 18.3 Å². The van der Waals surface area contributed by atoms with E-state index in [0.29, 0.717) is 16.4 Å². The molecule has 6 nitrogen and oxygen atoms in total. The molecule has 0 spiro atoms. The van der Waals surface area contributed by atoms with Gasteiger partial charge in [-0.3, -0.25) is 9.69 Å². The summed E-state index contributed by atoms with van der Waals surface area (Å²) < 4.78 is 5.32. The van der Waals surface area contributed by atoms with E-state index < -0.39 is 5.97 Å². The number of carbonyl (C=O) groups is 2. The number of ether oxygens (including phenoxy) is 1. The molecule has 0 aliphatic heterocycles. The Kier molecular flexibility index (Phi) is 6.41. The van der Waals surface area contributed by atoms with E-state index in [0.717, 1.165) is 22.4 Å². The van der Waals surface area contributed by atoms with Crippen molar-refractivity contribution in [3.63, 3.8) is 0 Å². The van der Waals surface area contributed by atoms with Gasteiger partial charge >= 0.3 is 5.97 Å². The maximum Gasteiger partial charge on any atom is 0.338 e. The maximum absolute atomic E-state index is 12.2. The van der Waals surface area contributed by atoms with E-state index in [4.69, 9.17) is 9.84 Å². The number of thiazole rings is 1. The van der Waals surface area contributed by atoms with Gasteiger partial charge in [0, 0.05) is 12.3 Å². The molecule has 0 unspecified atom stereocenters.